The largest absolute Gasteiger partial charge is 0.478 e. The first-order valence-corrected chi connectivity index (χ1v) is 5.48. The van der Waals surface area contributed by atoms with Gasteiger partial charge in [-0.05, 0) is 24.3 Å². The Morgan fingerprint density at radius 3 is 2.68 bits per heavy atom. The van der Waals surface area contributed by atoms with Crippen LogP contribution in [0.25, 0.3) is 16.9 Å². The van der Waals surface area contributed by atoms with Crippen molar-refractivity contribution in [1.82, 2.24) is 14.6 Å². The molecule has 0 aliphatic heterocycles. The molecular formula is C13H8FN3O2. The maximum Gasteiger partial charge on any atom is 0.338 e. The number of fused-ring (bicyclic) bond motifs is 1. The Hall–Kier alpha value is -2.76. The fourth-order valence-corrected chi connectivity index (χ4v) is 1.75. The molecule has 2 aromatic heterocycles. The number of carboxylic acids is 1. The van der Waals surface area contributed by atoms with Crippen molar-refractivity contribution in [2.24, 2.45) is 0 Å². The van der Waals surface area contributed by atoms with E-state index < -0.39 is 5.97 Å². The average Bonchev–Trinajstić information content (AvgIpc) is 2.82. The number of carboxylic acid groups (broad SMARTS) is 1. The second kappa shape index (κ2) is 4.16. The number of carbonyl (C=O) groups is 1. The lowest BCUT2D eigenvalue weighted by molar-refractivity contribution is 0.0695. The molecule has 0 radical (unpaired) electrons. The summed E-state index contributed by atoms with van der Waals surface area (Å²) in [5.41, 5.74) is 1.93. The minimum Gasteiger partial charge on any atom is -0.478 e. The SMILES string of the molecule is O=C(O)c1cnc2cc(-c3ccc(F)cc3)nn2c1. The van der Waals surface area contributed by atoms with Crippen molar-refractivity contribution in [3.63, 3.8) is 0 Å². The van der Waals surface area contributed by atoms with Gasteiger partial charge < -0.3 is 5.11 Å². The first kappa shape index (κ1) is 11.3. The Balaban J connectivity index is 2.11. The molecule has 0 bridgehead atoms. The molecule has 0 saturated carbocycles. The number of benzene rings is 1. The van der Waals surface area contributed by atoms with Gasteiger partial charge in [0.15, 0.2) is 5.65 Å². The summed E-state index contributed by atoms with van der Waals surface area (Å²) in [6.07, 6.45) is 2.66. The van der Waals surface area contributed by atoms with E-state index >= 15 is 0 Å². The lowest BCUT2D eigenvalue weighted by Gasteiger charge is -1.95. The second-order valence-corrected chi connectivity index (χ2v) is 3.99. The molecule has 0 aliphatic rings. The van der Waals surface area contributed by atoms with Crippen LogP contribution in [0, 0.1) is 5.82 Å². The van der Waals surface area contributed by atoms with Gasteiger partial charge in [-0.1, -0.05) is 0 Å². The van der Waals surface area contributed by atoms with Gasteiger partial charge in [-0.25, -0.2) is 18.7 Å². The number of aromatic nitrogens is 3. The van der Waals surface area contributed by atoms with Gasteiger partial charge in [0.2, 0.25) is 0 Å². The van der Waals surface area contributed by atoms with E-state index in [9.17, 15) is 9.18 Å². The van der Waals surface area contributed by atoms with E-state index in [0.29, 0.717) is 11.3 Å². The van der Waals surface area contributed by atoms with Gasteiger partial charge in [0.05, 0.1) is 11.3 Å². The molecule has 0 fully saturated rings. The summed E-state index contributed by atoms with van der Waals surface area (Å²) in [4.78, 5) is 14.8. The van der Waals surface area contributed by atoms with E-state index in [1.807, 2.05) is 0 Å². The maximum atomic E-state index is 12.8. The standard InChI is InChI=1S/C13H8FN3O2/c14-10-3-1-8(2-4-10)11-5-12-15-6-9(13(18)19)7-17(12)16-11/h1-7H,(H,18,19). The van der Waals surface area contributed by atoms with Crippen LogP contribution >= 0.6 is 0 Å². The van der Waals surface area contributed by atoms with Gasteiger partial charge in [0.25, 0.3) is 0 Å². The Bertz CT molecular complexity index is 765. The minimum atomic E-state index is -1.06. The summed E-state index contributed by atoms with van der Waals surface area (Å²) in [6.45, 7) is 0. The number of nitrogens with zero attached hydrogens (tertiary/aromatic N) is 3. The highest BCUT2D eigenvalue weighted by atomic mass is 19.1. The summed E-state index contributed by atoms with van der Waals surface area (Å²) in [7, 11) is 0. The van der Waals surface area contributed by atoms with E-state index in [0.717, 1.165) is 5.56 Å². The van der Waals surface area contributed by atoms with Gasteiger partial charge in [-0.15, -0.1) is 0 Å². The van der Waals surface area contributed by atoms with Crippen molar-refractivity contribution in [1.29, 1.82) is 0 Å². The third-order valence-corrected chi connectivity index (χ3v) is 2.70. The molecule has 1 N–H and O–H groups in total. The zero-order valence-corrected chi connectivity index (χ0v) is 9.62. The predicted octanol–water partition coefficient (Wildman–Crippen LogP) is 2.23. The van der Waals surface area contributed by atoms with Crippen molar-refractivity contribution in [2.75, 3.05) is 0 Å². The first-order valence-electron chi connectivity index (χ1n) is 5.48. The van der Waals surface area contributed by atoms with Crippen molar-refractivity contribution < 1.29 is 14.3 Å². The molecule has 6 heteroatoms. The van der Waals surface area contributed by atoms with Gasteiger partial charge in [0.1, 0.15) is 5.82 Å². The van der Waals surface area contributed by atoms with Crippen LogP contribution in [0.2, 0.25) is 0 Å². The smallest absolute Gasteiger partial charge is 0.338 e. The number of hydrogen-bond acceptors (Lipinski definition) is 3. The molecule has 0 aliphatic carbocycles. The number of aromatic carboxylic acids is 1. The molecule has 0 atom stereocenters. The highest BCUT2D eigenvalue weighted by Crippen LogP contribution is 2.19. The van der Waals surface area contributed by atoms with Crippen molar-refractivity contribution in [3.8, 4) is 11.3 Å². The summed E-state index contributed by atoms with van der Waals surface area (Å²) in [6, 6.07) is 7.61. The van der Waals surface area contributed by atoms with Crippen molar-refractivity contribution in [2.45, 2.75) is 0 Å². The zero-order valence-electron chi connectivity index (χ0n) is 9.62. The molecule has 94 valence electrons. The molecule has 3 rings (SSSR count). The fraction of sp³-hybridized carbons (Fsp3) is 0. The molecule has 1 aromatic carbocycles. The molecule has 5 nitrogen and oxygen atoms in total. The number of rotatable bonds is 2. The number of halogens is 1. The van der Waals surface area contributed by atoms with Crippen LogP contribution < -0.4 is 0 Å². The molecule has 0 saturated heterocycles. The first-order chi connectivity index (χ1) is 9.13. The Morgan fingerprint density at radius 2 is 2.00 bits per heavy atom. The van der Waals surface area contributed by atoms with E-state index in [2.05, 4.69) is 10.1 Å². The summed E-state index contributed by atoms with van der Waals surface area (Å²) in [5.74, 6) is -1.38. The highest BCUT2D eigenvalue weighted by molar-refractivity contribution is 5.87. The van der Waals surface area contributed by atoms with Gasteiger partial charge in [-0.3, -0.25) is 0 Å². The molecular weight excluding hydrogens is 249 g/mol. The topological polar surface area (TPSA) is 67.5 Å². The monoisotopic (exact) mass is 257 g/mol. The van der Waals surface area contributed by atoms with Crippen LogP contribution in [-0.4, -0.2) is 25.7 Å². The normalized spacial score (nSPS) is 10.8. The zero-order chi connectivity index (χ0) is 13.4. The Morgan fingerprint density at radius 1 is 1.26 bits per heavy atom. The number of hydrogen-bond donors (Lipinski definition) is 1. The van der Waals surface area contributed by atoms with Crippen LogP contribution in [0.4, 0.5) is 4.39 Å². The summed E-state index contributed by atoms with van der Waals surface area (Å²) < 4.78 is 14.2. The molecule has 0 amide bonds. The lowest BCUT2D eigenvalue weighted by Crippen LogP contribution is -2.00. The second-order valence-electron chi connectivity index (χ2n) is 3.99. The molecule has 19 heavy (non-hydrogen) atoms. The van der Waals surface area contributed by atoms with Crippen molar-refractivity contribution in [3.05, 3.63) is 54.1 Å². The minimum absolute atomic E-state index is 0.0567. The molecule has 0 spiro atoms. The van der Waals surface area contributed by atoms with Crippen LogP contribution in [-0.2, 0) is 0 Å². The van der Waals surface area contributed by atoms with Crippen LogP contribution in [0.15, 0.2) is 42.7 Å². The molecule has 3 aromatic rings. The van der Waals surface area contributed by atoms with E-state index in [-0.39, 0.29) is 11.4 Å². The van der Waals surface area contributed by atoms with E-state index in [1.165, 1.54) is 29.0 Å². The van der Waals surface area contributed by atoms with Crippen LogP contribution in [0.1, 0.15) is 10.4 Å². The summed E-state index contributed by atoms with van der Waals surface area (Å²) >= 11 is 0. The van der Waals surface area contributed by atoms with Crippen LogP contribution in [0.5, 0.6) is 0 Å². The quantitative estimate of drug-likeness (QED) is 0.764. The maximum absolute atomic E-state index is 12.8. The van der Waals surface area contributed by atoms with Gasteiger partial charge in [-0.2, -0.15) is 5.10 Å². The summed E-state index contributed by atoms with van der Waals surface area (Å²) in [5, 5.41) is 13.1. The highest BCUT2D eigenvalue weighted by Gasteiger charge is 2.09. The lowest BCUT2D eigenvalue weighted by atomic mass is 10.1. The van der Waals surface area contributed by atoms with E-state index in [4.69, 9.17) is 5.11 Å². The van der Waals surface area contributed by atoms with Gasteiger partial charge in [0, 0.05) is 24.0 Å². The third kappa shape index (κ3) is 2.03. The third-order valence-electron chi connectivity index (χ3n) is 2.70. The fourth-order valence-electron chi connectivity index (χ4n) is 1.75. The average molecular weight is 257 g/mol. The molecule has 0 unspecified atom stereocenters. The van der Waals surface area contributed by atoms with Crippen molar-refractivity contribution >= 4 is 11.6 Å². The molecule has 2 heterocycles. The predicted molar refractivity (Wildman–Crippen MR) is 65.3 cm³/mol. The Kier molecular flexibility index (Phi) is 2.49. The van der Waals surface area contributed by atoms with E-state index in [1.54, 1.807) is 18.2 Å². The Labute approximate surface area is 107 Å². The van der Waals surface area contributed by atoms with Gasteiger partial charge >= 0.3 is 5.97 Å². The van der Waals surface area contributed by atoms with Crippen LogP contribution in [0.3, 0.4) is 0 Å².